The second kappa shape index (κ2) is 17.1. The van der Waals surface area contributed by atoms with Crippen LogP contribution < -0.4 is 9.80 Å². The Morgan fingerprint density at radius 2 is 0.500 bits per heavy atom. The van der Waals surface area contributed by atoms with Crippen molar-refractivity contribution in [3.05, 3.63) is 267 Å². The van der Waals surface area contributed by atoms with Crippen LogP contribution in [0, 0.1) is 0 Å². The number of fused-ring (bicyclic) bond motifs is 2. The molecule has 0 spiro atoms. The first-order chi connectivity index (χ1) is 31.8. The predicted octanol–water partition coefficient (Wildman–Crippen LogP) is 17.6. The average Bonchev–Trinajstić information content (AvgIpc) is 3.38. The van der Waals surface area contributed by atoms with Gasteiger partial charge < -0.3 is 9.80 Å². The predicted molar refractivity (Wildman–Crippen MR) is 273 cm³/mol. The monoisotopic (exact) mass is 816 g/mol. The number of rotatable bonds is 10. The van der Waals surface area contributed by atoms with Gasteiger partial charge >= 0.3 is 0 Å². The first kappa shape index (κ1) is 38.5. The van der Waals surface area contributed by atoms with Gasteiger partial charge in [-0.15, -0.1) is 0 Å². The molecule has 0 radical (unpaired) electrons. The second-order valence-electron chi connectivity index (χ2n) is 16.1. The lowest BCUT2D eigenvalue weighted by molar-refractivity contribution is 1.26. The standard InChI is InChI=1S/C62H44N2/c1-6-19-45(20-7-1)47-33-37-49(38-34-47)60-56-29-16-17-30-57(56)61(50-39-35-48(36-40-50)46-21-8-2-9-22-46)62-58(60)31-18-32-59(62)64(53-27-14-5-15-28-53)55-43-41-54(42-44-55)63(51-23-10-3-11-24-51)52-25-12-4-13-26-52/h1-44H. The highest BCUT2D eigenvalue weighted by Crippen LogP contribution is 2.50. The maximum atomic E-state index is 2.43. The summed E-state index contributed by atoms with van der Waals surface area (Å²) in [5.74, 6) is 0. The Balaban J connectivity index is 1.15. The zero-order valence-corrected chi connectivity index (χ0v) is 35.3. The Bertz CT molecular complexity index is 3280. The molecule has 302 valence electrons. The van der Waals surface area contributed by atoms with Crippen molar-refractivity contribution in [1.29, 1.82) is 0 Å². The summed E-state index contributed by atoms with van der Waals surface area (Å²) in [5.41, 5.74) is 16.1. The molecule has 0 aromatic heterocycles. The topological polar surface area (TPSA) is 6.48 Å². The van der Waals surface area contributed by atoms with Crippen molar-refractivity contribution in [1.82, 2.24) is 0 Å². The summed E-state index contributed by atoms with van der Waals surface area (Å²) >= 11 is 0. The van der Waals surface area contributed by atoms with E-state index in [9.17, 15) is 0 Å². The minimum atomic E-state index is 1.07. The van der Waals surface area contributed by atoms with E-state index in [4.69, 9.17) is 0 Å². The lowest BCUT2D eigenvalue weighted by Crippen LogP contribution is -2.12. The van der Waals surface area contributed by atoms with Gasteiger partial charge in [-0.05, 0) is 127 Å². The largest absolute Gasteiger partial charge is 0.311 e. The molecule has 11 aromatic rings. The molecule has 0 aliphatic heterocycles. The van der Waals surface area contributed by atoms with Crippen molar-refractivity contribution in [2.75, 3.05) is 9.80 Å². The van der Waals surface area contributed by atoms with Crippen LogP contribution in [0.4, 0.5) is 34.1 Å². The summed E-state index contributed by atoms with van der Waals surface area (Å²) in [5, 5.41) is 4.82. The van der Waals surface area contributed by atoms with E-state index in [2.05, 4.69) is 277 Å². The van der Waals surface area contributed by atoms with Gasteiger partial charge in [-0.25, -0.2) is 0 Å². The van der Waals surface area contributed by atoms with Gasteiger partial charge in [-0.3, -0.25) is 0 Å². The number of benzene rings is 11. The van der Waals surface area contributed by atoms with E-state index in [1.807, 2.05) is 0 Å². The second-order valence-corrected chi connectivity index (χ2v) is 16.1. The van der Waals surface area contributed by atoms with E-state index in [1.54, 1.807) is 0 Å². The number of nitrogens with zero attached hydrogens (tertiary/aromatic N) is 2. The zero-order valence-electron chi connectivity index (χ0n) is 35.3. The fourth-order valence-electron chi connectivity index (χ4n) is 9.28. The molecule has 64 heavy (non-hydrogen) atoms. The van der Waals surface area contributed by atoms with Gasteiger partial charge in [0.15, 0.2) is 0 Å². The molecule has 0 atom stereocenters. The third-order valence-electron chi connectivity index (χ3n) is 12.2. The smallest absolute Gasteiger partial charge is 0.0546 e. The molecule has 0 saturated heterocycles. The van der Waals surface area contributed by atoms with Crippen LogP contribution in [0.25, 0.3) is 66.1 Å². The Labute approximate surface area is 375 Å². The van der Waals surface area contributed by atoms with Gasteiger partial charge in [-0.2, -0.15) is 0 Å². The molecule has 0 bridgehead atoms. The molecule has 0 fully saturated rings. The molecule has 0 aliphatic carbocycles. The van der Waals surface area contributed by atoms with Crippen LogP contribution in [-0.4, -0.2) is 0 Å². The third-order valence-corrected chi connectivity index (χ3v) is 12.2. The van der Waals surface area contributed by atoms with Crippen molar-refractivity contribution in [3.8, 4) is 44.5 Å². The molecule has 0 N–H and O–H groups in total. The normalized spacial score (nSPS) is 11.1. The molecule has 0 heterocycles. The summed E-state index contributed by atoms with van der Waals surface area (Å²) < 4.78 is 0. The van der Waals surface area contributed by atoms with Crippen LogP contribution in [0.3, 0.4) is 0 Å². The van der Waals surface area contributed by atoms with E-state index in [1.165, 1.54) is 66.1 Å². The van der Waals surface area contributed by atoms with Gasteiger partial charge in [0.1, 0.15) is 0 Å². The molecule has 11 aromatic carbocycles. The summed E-state index contributed by atoms with van der Waals surface area (Å²) in [6.07, 6.45) is 0. The van der Waals surface area contributed by atoms with Crippen molar-refractivity contribution in [2.45, 2.75) is 0 Å². The minimum Gasteiger partial charge on any atom is -0.311 e. The SMILES string of the molecule is c1ccc(-c2ccc(-c3c4ccccc4c(-c4ccc(-c5ccccc5)cc4)c4c(N(c5ccccc5)c5ccc(N(c6ccccc6)c6ccccc6)cc5)cccc34)cc2)cc1. The van der Waals surface area contributed by atoms with Crippen LogP contribution in [0.2, 0.25) is 0 Å². The molecule has 11 rings (SSSR count). The van der Waals surface area contributed by atoms with Crippen molar-refractivity contribution in [2.24, 2.45) is 0 Å². The highest BCUT2D eigenvalue weighted by atomic mass is 15.2. The van der Waals surface area contributed by atoms with Gasteiger partial charge in [0.05, 0.1) is 5.69 Å². The number of anilines is 6. The summed E-state index contributed by atoms with van der Waals surface area (Å²) in [4.78, 5) is 4.74. The quantitative estimate of drug-likeness (QED) is 0.127. The molecule has 0 unspecified atom stereocenters. The van der Waals surface area contributed by atoms with E-state index in [0.29, 0.717) is 0 Å². The molecule has 0 aliphatic rings. The van der Waals surface area contributed by atoms with Crippen LogP contribution in [0.1, 0.15) is 0 Å². The summed E-state index contributed by atoms with van der Waals surface area (Å²) in [7, 11) is 0. The lowest BCUT2D eigenvalue weighted by Gasteiger charge is -2.30. The van der Waals surface area contributed by atoms with Crippen LogP contribution in [-0.2, 0) is 0 Å². The third kappa shape index (κ3) is 7.27. The average molecular weight is 817 g/mol. The van der Waals surface area contributed by atoms with Crippen LogP contribution in [0.5, 0.6) is 0 Å². The van der Waals surface area contributed by atoms with E-state index < -0.39 is 0 Å². The summed E-state index contributed by atoms with van der Waals surface area (Å²) in [6.45, 7) is 0. The minimum absolute atomic E-state index is 1.07. The first-order valence-electron chi connectivity index (χ1n) is 21.9. The van der Waals surface area contributed by atoms with Gasteiger partial charge in [-0.1, -0.05) is 200 Å². The highest BCUT2D eigenvalue weighted by Gasteiger charge is 2.24. The maximum absolute atomic E-state index is 2.43. The number of hydrogen-bond donors (Lipinski definition) is 0. The van der Waals surface area contributed by atoms with Crippen molar-refractivity contribution < 1.29 is 0 Å². The fraction of sp³-hybridized carbons (Fsp3) is 0. The Morgan fingerprint density at radius 3 is 0.969 bits per heavy atom. The van der Waals surface area contributed by atoms with Gasteiger partial charge in [0, 0.05) is 33.8 Å². The van der Waals surface area contributed by atoms with E-state index in [0.717, 1.165) is 34.1 Å². The van der Waals surface area contributed by atoms with Crippen LogP contribution >= 0.6 is 0 Å². The first-order valence-corrected chi connectivity index (χ1v) is 21.9. The van der Waals surface area contributed by atoms with Gasteiger partial charge in [0.2, 0.25) is 0 Å². The van der Waals surface area contributed by atoms with E-state index >= 15 is 0 Å². The molecular formula is C62H44N2. The van der Waals surface area contributed by atoms with Crippen LogP contribution in [0.15, 0.2) is 267 Å². The maximum Gasteiger partial charge on any atom is 0.0546 e. The Hall–Kier alpha value is -8.46. The molecule has 2 nitrogen and oxygen atoms in total. The molecule has 0 saturated carbocycles. The fourth-order valence-corrected chi connectivity index (χ4v) is 9.28. The Kier molecular flexibility index (Phi) is 10.3. The summed E-state index contributed by atoms with van der Waals surface area (Å²) in [6, 6.07) is 96.3. The van der Waals surface area contributed by atoms with Gasteiger partial charge in [0.25, 0.3) is 0 Å². The number of hydrogen-bond acceptors (Lipinski definition) is 2. The molecular weight excluding hydrogens is 773 g/mol. The van der Waals surface area contributed by atoms with Crippen molar-refractivity contribution in [3.63, 3.8) is 0 Å². The molecule has 2 heteroatoms. The highest BCUT2D eigenvalue weighted by molar-refractivity contribution is 6.25. The van der Waals surface area contributed by atoms with Crippen molar-refractivity contribution >= 4 is 55.7 Å². The lowest BCUT2D eigenvalue weighted by atomic mass is 9.84. The van der Waals surface area contributed by atoms with E-state index in [-0.39, 0.29) is 0 Å². The molecule has 0 amide bonds. The Morgan fingerprint density at radius 1 is 0.188 bits per heavy atom. The zero-order chi connectivity index (χ0) is 42.7. The number of para-hydroxylation sites is 3.